The van der Waals surface area contributed by atoms with Crippen LogP contribution < -0.4 is 0 Å². The van der Waals surface area contributed by atoms with Crippen LogP contribution in [0.2, 0.25) is 0 Å². The Labute approximate surface area is 207 Å². The molecule has 3 atom stereocenters. The van der Waals surface area contributed by atoms with Crippen LogP contribution in [-0.2, 0) is 25.6 Å². The number of hydrogen-bond acceptors (Lipinski definition) is 4. The van der Waals surface area contributed by atoms with Gasteiger partial charge in [0.25, 0.3) is 0 Å². The maximum Gasteiger partial charge on any atom is 0.311 e. The molecule has 1 aromatic rings. The SMILES string of the molecule is CCC/C(C)=C/CC/C(C)=C/CC/C(C)=C/[C@H]1O[C@@H](COCc2ccccc2)C[C@H]1C(=O)OC. The predicted octanol–water partition coefficient (Wildman–Crippen LogP) is 7.35. The monoisotopic (exact) mass is 468 g/mol. The van der Waals surface area contributed by atoms with E-state index in [1.54, 1.807) is 0 Å². The summed E-state index contributed by atoms with van der Waals surface area (Å²) in [4.78, 5) is 12.4. The molecule has 0 saturated carbocycles. The first kappa shape index (κ1) is 28.1. The first-order chi connectivity index (χ1) is 16.4. The summed E-state index contributed by atoms with van der Waals surface area (Å²) in [5, 5.41) is 0. The first-order valence-corrected chi connectivity index (χ1v) is 12.8. The summed E-state index contributed by atoms with van der Waals surface area (Å²) >= 11 is 0. The Balaban J connectivity index is 1.82. The van der Waals surface area contributed by atoms with E-state index in [1.807, 2.05) is 30.3 Å². The average Bonchev–Trinajstić information content (AvgIpc) is 3.21. The van der Waals surface area contributed by atoms with E-state index in [0.717, 1.165) is 31.2 Å². The Morgan fingerprint density at radius 3 is 2.29 bits per heavy atom. The van der Waals surface area contributed by atoms with E-state index in [9.17, 15) is 4.79 Å². The van der Waals surface area contributed by atoms with Crippen LogP contribution in [-0.4, -0.2) is 31.9 Å². The summed E-state index contributed by atoms with van der Waals surface area (Å²) in [5.41, 5.74) is 5.31. The molecule has 0 N–H and O–H groups in total. The lowest BCUT2D eigenvalue weighted by atomic mass is 9.97. The number of carbonyl (C=O) groups is 1. The summed E-state index contributed by atoms with van der Waals surface area (Å²) in [7, 11) is 1.45. The normalized spacial score (nSPS) is 21.7. The van der Waals surface area contributed by atoms with Gasteiger partial charge in [-0.1, -0.05) is 78.6 Å². The molecule has 0 amide bonds. The number of benzene rings is 1. The minimum atomic E-state index is -0.277. The van der Waals surface area contributed by atoms with Gasteiger partial charge >= 0.3 is 5.97 Å². The quantitative estimate of drug-likeness (QED) is 0.211. The van der Waals surface area contributed by atoms with E-state index in [0.29, 0.717) is 19.6 Å². The fraction of sp³-hybridized carbons (Fsp3) is 0.567. The van der Waals surface area contributed by atoms with Gasteiger partial charge in [0, 0.05) is 0 Å². The van der Waals surface area contributed by atoms with Crippen molar-refractivity contribution in [2.45, 2.75) is 91.5 Å². The molecule has 1 aliphatic rings. The van der Waals surface area contributed by atoms with Crippen LogP contribution >= 0.6 is 0 Å². The summed E-state index contributed by atoms with van der Waals surface area (Å²) < 4.78 is 17.1. The second kappa shape index (κ2) is 15.7. The molecule has 1 heterocycles. The van der Waals surface area contributed by atoms with Crippen LogP contribution in [0.3, 0.4) is 0 Å². The van der Waals surface area contributed by atoms with Gasteiger partial charge in [-0.15, -0.1) is 0 Å². The van der Waals surface area contributed by atoms with Crippen molar-refractivity contribution < 1.29 is 19.0 Å². The molecule has 4 nitrogen and oxygen atoms in total. The van der Waals surface area contributed by atoms with Crippen molar-refractivity contribution in [1.29, 1.82) is 0 Å². The fourth-order valence-electron chi connectivity index (χ4n) is 4.37. The molecule has 1 fully saturated rings. The highest BCUT2D eigenvalue weighted by atomic mass is 16.6. The topological polar surface area (TPSA) is 44.8 Å². The maximum atomic E-state index is 12.4. The van der Waals surface area contributed by atoms with Gasteiger partial charge in [0.05, 0.1) is 38.4 Å². The van der Waals surface area contributed by atoms with Gasteiger partial charge in [0.2, 0.25) is 0 Å². The number of rotatable bonds is 14. The van der Waals surface area contributed by atoms with E-state index in [1.165, 1.54) is 36.7 Å². The van der Waals surface area contributed by atoms with Crippen molar-refractivity contribution in [2.24, 2.45) is 5.92 Å². The van der Waals surface area contributed by atoms with Gasteiger partial charge < -0.3 is 14.2 Å². The summed E-state index contributed by atoms with van der Waals surface area (Å²) in [6.45, 7) is 9.81. The molecule has 4 heteroatoms. The van der Waals surface area contributed by atoms with Crippen LogP contribution in [0.1, 0.15) is 78.2 Å². The van der Waals surface area contributed by atoms with E-state index in [2.05, 4.69) is 45.9 Å². The molecule has 2 rings (SSSR count). The highest BCUT2D eigenvalue weighted by Crippen LogP contribution is 2.30. The minimum absolute atomic E-state index is 0.103. The Morgan fingerprint density at radius 1 is 1.00 bits per heavy atom. The number of allylic oxidation sites excluding steroid dienone is 5. The molecule has 1 aliphatic heterocycles. The van der Waals surface area contributed by atoms with Gasteiger partial charge in [-0.25, -0.2) is 0 Å². The van der Waals surface area contributed by atoms with E-state index >= 15 is 0 Å². The van der Waals surface area contributed by atoms with Crippen LogP contribution in [0, 0.1) is 5.92 Å². The lowest BCUT2D eigenvalue weighted by Gasteiger charge is -2.14. The smallest absolute Gasteiger partial charge is 0.311 e. The van der Waals surface area contributed by atoms with Crippen LogP contribution in [0.15, 0.2) is 65.3 Å². The van der Waals surface area contributed by atoms with Gasteiger partial charge in [0.15, 0.2) is 0 Å². The van der Waals surface area contributed by atoms with Crippen LogP contribution in [0.25, 0.3) is 0 Å². The number of methoxy groups -OCH3 is 1. The molecule has 0 aromatic heterocycles. The zero-order chi connectivity index (χ0) is 24.8. The Bertz CT molecular complexity index is 821. The van der Waals surface area contributed by atoms with Crippen molar-refractivity contribution in [2.75, 3.05) is 13.7 Å². The Hall–Kier alpha value is -2.17. The Kier molecular flexibility index (Phi) is 12.9. The second-order valence-corrected chi connectivity index (χ2v) is 9.53. The third kappa shape index (κ3) is 10.4. The van der Waals surface area contributed by atoms with Crippen LogP contribution in [0.5, 0.6) is 0 Å². The zero-order valence-corrected chi connectivity index (χ0v) is 21.8. The molecule has 0 aliphatic carbocycles. The number of hydrogen-bond donors (Lipinski definition) is 0. The van der Waals surface area contributed by atoms with Gasteiger partial charge in [0.1, 0.15) is 0 Å². The molecule has 188 valence electrons. The van der Waals surface area contributed by atoms with Crippen molar-refractivity contribution in [3.05, 3.63) is 70.8 Å². The Morgan fingerprint density at radius 2 is 1.65 bits per heavy atom. The lowest BCUT2D eigenvalue weighted by Crippen LogP contribution is -2.24. The molecule has 1 saturated heterocycles. The fourth-order valence-corrected chi connectivity index (χ4v) is 4.37. The lowest BCUT2D eigenvalue weighted by molar-refractivity contribution is -0.146. The van der Waals surface area contributed by atoms with Crippen molar-refractivity contribution in [3.8, 4) is 0 Å². The minimum Gasteiger partial charge on any atom is -0.469 e. The third-order valence-corrected chi connectivity index (χ3v) is 6.34. The van der Waals surface area contributed by atoms with E-state index in [-0.39, 0.29) is 24.1 Å². The molecule has 0 spiro atoms. The van der Waals surface area contributed by atoms with Crippen LogP contribution in [0.4, 0.5) is 0 Å². The maximum absolute atomic E-state index is 12.4. The standard InChI is InChI=1S/C30H44O4/c1-6-12-23(2)13-10-14-24(3)15-11-16-25(4)19-29-28(30(31)32-5)20-27(34-29)22-33-21-26-17-8-7-9-18-26/h7-9,13,15,17-19,27-29H,6,10-12,14,16,20-22H2,1-5H3/b23-13+,24-15+,25-19+/t27-,28-,29-/m1/s1. The molecular weight excluding hydrogens is 424 g/mol. The molecule has 0 radical (unpaired) electrons. The largest absolute Gasteiger partial charge is 0.469 e. The summed E-state index contributed by atoms with van der Waals surface area (Å²) in [6.07, 6.45) is 13.7. The molecule has 34 heavy (non-hydrogen) atoms. The predicted molar refractivity (Wildman–Crippen MR) is 140 cm³/mol. The van der Waals surface area contributed by atoms with E-state index < -0.39 is 0 Å². The average molecular weight is 469 g/mol. The van der Waals surface area contributed by atoms with Gasteiger partial charge in [-0.05, 0) is 64.9 Å². The number of ether oxygens (including phenoxy) is 3. The first-order valence-electron chi connectivity index (χ1n) is 12.8. The third-order valence-electron chi connectivity index (χ3n) is 6.34. The van der Waals surface area contributed by atoms with Crippen molar-refractivity contribution in [1.82, 2.24) is 0 Å². The summed E-state index contributed by atoms with van der Waals surface area (Å²) in [6, 6.07) is 10.1. The number of carbonyl (C=O) groups excluding carboxylic acids is 1. The highest BCUT2D eigenvalue weighted by molar-refractivity contribution is 5.73. The summed E-state index contributed by atoms with van der Waals surface area (Å²) in [5.74, 6) is -0.484. The molecule has 0 unspecified atom stereocenters. The van der Waals surface area contributed by atoms with Crippen molar-refractivity contribution >= 4 is 5.97 Å². The number of esters is 1. The van der Waals surface area contributed by atoms with Gasteiger partial charge in [-0.2, -0.15) is 0 Å². The second-order valence-electron chi connectivity index (χ2n) is 9.53. The zero-order valence-electron chi connectivity index (χ0n) is 21.8. The van der Waals surface area contributed by atoms with E-state index in [4.69, 9.17) is 14.2 Å². The molecule has 1 aromatic carbocycles. The highest BCUT2D eigenvalue weighted by Gasteiger charge is 2.39. The van der Waals surface area contributed by atoms with Gasteiger partial charge in [-0.3, -0.25) is 4.79 Å². The molecule has 0 bridgehead atoms. The van der Waals surface area contributed by atoms with Crippen molar-refractivity contribution in [3.63, 3.8) is 0 Å². The molecular formula is C30H44O4.